The van der Waals surface area contributed by atoms with E-state index < -0.39 is 238 Å². The lowest BCUT2D eigenvalue weighted by molar-refractivity contribution is 4.30. The molecule has 0 saturated heterocycles. The molecule has 2 radical (unpaired) electrons. The van der Waals surface area contributed by atoms with Gasteiger partial charge in [-0.3, -0.25) is 0 Å². The minimum Gasteiger partial charge on any atom is -0.102 e. The fraction of sp³-hybridized carbons (Fsp3) is 0. The predicted molar refractivity (Wildman–Crippen MR) is 757 cm³/mol. The maximum absolute atomic E-state index is 4.93. The molecule has 546 valence electrons. The van der Waals surface area contributed by atoms with Gasteiger partial charge in [0.1, 0.15) is 0 Å². The highest BCUT2D eigenvalue weighted by Crippen LogP contribution is 3.53. The van der Waals surface area contributed by atoms with Crippen molar-refractivity contribution in [3.63, 3.8) is 0 Å². The Kier molecular flexibility index (Phi) is 102. The van der Waals surface area contributed by atoms with Crippen molar-refractivity contribution >= 4 is 726 Å². The third kappa shape index (κ3) is 45.9. The zero-order chi connectivity index (χ0) is 72.1. The molecule has 0 fully saturated rings. The minimum absolute atomic E-state index is 0.375. The highest BCUT2D eigenvalue weighted by atomic mass is 33.6. The first kappa shape index (κ1) is 130. The van der Waals surface area contributed by atoms with Crippen LogP contribution in [0.15, 0.2) is 0 Å². The van der Waals surface area contributed by atoms with Gasteiger partial charge in [0.25, 0.3) is 0 Å². The molecular formula is H91P91. The van der Waals surface area contributed by atoms with E-state index in [1.807, 2.05) is 0 Å². The van der Waals surface area contributed by atoms with Crippen LogP contribution in [0.1, 0.15) is 0 Å². The van der Waals surface area contributed by atoms with Crippen molar-refractivity contribution in [1.82, 2.24) is 0 Å². The standard InChI is InChI=1S/H91P91/c1-47-70(46)82(71(48(2)3)49(4)5)88(83(72(50(6)7)51(8)9)73(52(10)11)53(12)13)91(89(84(74(54(14)15)55(16)17)75(56(18)19)57(20)21)85(76(58(22)23)59(24)25)77(60(26)27)61(28)29)90(86(78(62(30)31)63(32)33)79(64(34)35)65(36)37)87(80(66(38)39)67(40)41)81(68(42)43)69(44)45/h1-2,47H,3-46H2. The topological polar surface area (TPSA) is 0 Å². The van der Waals surface area contributed by atoms with Crippen molar-refractivity contribution in [3.05, 3.63) is 0 Å². The third-order valence-corrected chi connectivity index (χ3v) is 651. The summed E-state index contributed by atoms with van der Waals surface area (Å²) in [4.78, 5) is 0. The van der Waals surface area contributed by atoms with Crippen molar-refractivity contribution in [3.8, 4) is 0 Å². The van der Waals surface area contributed by atoms with Gasteiger partial charge in [-0.15, -0.1) is 393 Å². The van der Waals surface area contributed by atoms with Crippen LogP contribution < -0.4 is 0 Å². The number of hydrogen-bond acceptors (Lipinski definition) is 0. The van der Waals surface area contributed by atoms with Crippen molar-refractivity contribution in [2.75, 3.05) is 0 Å². The van der Waals surface area contributed by atoms with Gasteiger partial charge in [-0.2, -0.15) is 0 Å². The van der Waals surface area contributed by atoms with Crippen LogP contribution in [-0.2, 0) is 0 Å². The van der Waals surface area contributed by atoms with E-state index in [0.717, 1.165) is 7.96 Å². The molecule has 0 heterocycles. The first-order valence-corrected chi connectivity index (χ1v) is 186. The molecule has 0 bridgehead atoms. The monoisotopic (exact) mass is 2910 g/mol. The number of hydrogen-bond donors (Lipinski definition) is 0. The SMILES string of the molecule is [PH]PP(P)P(P(P([PH])P)P(P)P)P(P(P(P(P)P)P(P)P)P(P(P)P)P(P)P)P(P(P(P(P(P)P)P(P)P)P(P(P)P)P(P)P)P(P(P(P)P)P(P)P)P(P(P)P)P(P)P)P(P(P(P(P)P)P(P)P)P(P(P)P)P(P)P)P(P(P(P)P)P(P)P)P(P(P)P)P(P)P. The maximum Gasteiger partial charge on any atom is -0.00000122 e. The van der Waals surface area contributed by atoms with Crippen molar-refractivity contribution in [2.45, 2.75) is 0 Å². The van der Waals surface area contributed by atoms with Gasteiger partial charge < -0.3 is 0 Å². The molecule has 0 aromatic heterocycles. The summed E-state index contributed by atoms with van der Waals surface area (Å²) in [6.45, 7) is -18.5. The lowest BCUT2D eigenvalue weighted by Gasteiger charge is -2.63. The van der Waals surface area contributed by atoms with E-state index in [9.17, 15) is 0 Å². The Morgan fingerprint density at radius 1 is 0.132 bits per heavy atom. The summed E-state index contributed by atoms with van der Waals surface area (Å²) in [7, 11) is 175. The molecule has 91 heteroatoms. The second kappa shape index (κ2) is 71.6. The molecule has 0 nitrogen and oxygen atoms in total. The average molecular weight is 2910 g/mol. The summed E-state index contributed by atoms with van der Waals surface area (Å²) in [5.74, 6) is 0. The van der Waals surface area contributed by atoms with Crippen LogP contribution in [0.5, 0.6) is 0 Å². The van der Waals surface area contributed by atoms with Crippen molar-refractivity contribution < 1.29 is 0 Å². The molecule has 0 saturated carbocycles. The van der Waals surface area contributed by atoms with E-state index in [-0.39, 0.29) is 69.9 Å². The van der Waals surface area contributed by atoms with E-state index in [0.29, 0.717) is 0 Å². The molecule has 50 unspecified atom stereocenters. The summed E-state index contributed by atoms with van der Waals surface area (Å²) in [6, 6.07) is 0. The van der Waals surface area contributed by atoms with E-state index in [4.69, 9.17) is 17.9 Å². The molecule has 0 N–H and O–H groups in total. The molecule has 0 spiro atoms. The normalized spacial score (nSPS) is 15.7. The molecule has 0 aliphatic rings. The van der Waals surface area contributed by atoms with Crippen LogP contribution in [0.2, 0.25) is 0 Å². The Balaban J connectivity index is 13.8. The molecule has 0 aliphatic heterocycles. The second-order valence-electron chi connectivity index (χ2n) is 14.4. The zero-order valence-corrected chi connectivity index (χ0v) is 140. The molecule has 0 aromatic rings. The van der Waals surface area contributed by atoms with Gasteiger partial charge >= 0.3 is 0 Å². The first-order valence-electron chi connectivity index (χ1n) is 20.7. The molecule has 91 heavy (non-hydrogen) atoms. The van der Waals surface area contributed by atoms with Gasteiger partial charge in [0.15, 0.2) is 0 Å². The maximum atomic E-state index is 4.93. The molecule has 0 amide bonds. The average Bonchev–Trinajstić information content (AvgIpc) is 3.33. The van der Waals surface area contributed by atoms with Gasteiger partial charge in [0.2, 0.25) is 0 Å². The van der Waals surface area contributed by atoms with Gasteiger partial charge in [-0.05, 0) is 307 Å². The van der Waals surface area contributed by atoms with Crippen LogP contribution in [0.4, 0.5) is 0 Å². The van der Waals surface area contributed by atoms with E-state index in [2.05, 4.69) is 393 Å². The first-order chi connectivity index (χ1) is 41.4. The molecule has 50 atom stereocenters. The fourth-order valence-electron chi connectivity index (χ4n) is 5.55. The lowest BCUT2D eigenvalue weighted by atomic mass is 28.4. The van der Waals surface area contributed by atoms with Crippen LogP contribution in [-0.4, -0.2) is 0 Å². The predicted octanol–water partition coefficient (Wildman–Crippen LogP) is 54.0. The Morgan fingerprint density at radius 2 is 0.220 bits per heavy atom. The fourth-order valence-corrected chi connectivity index (χ4v) is 1350. The third-order valence-electron chi connectivity index (χ3n) is 8.04. The van der Waals surface area contributed by atoms with Gasteiger partial charge in [-0.1, -0.05) is 25.8 Å². The summed E-state index contributed by atoms with van der Waals surface area (Å²) >= 11 is 0. The van der Waals surface area contributed by atoms with Crippen LogP contribution in [0.25, 0.3) is 0 Å². The van der Waals surface area contributed by atoms with E-state index in [1.165, 1.54) is 0 Å². The Hall–Kier alpha value is 39.1. The Labute approximate surface area is 714 Å². The lowest BCUT2D eigenvalue weighted by Crippen LogP contribution is -1.76. The number of rotatable bonds is 44. The van der Waals surface area contributed by atoms with Gasteiger partial charge in [0, 0.05) is 0 Å². The summed E-state index contributed by atoms with van der Waals surface area (Å²) in [5.41, 5.74) is 0. The molecule has 0 rings (SSSR count). The second-order valence-corrected chi connectivity index (χ2v) is 389. The van der Waals surface area contributed by atoms with Gasteiger partial charge in [0.05, 0.1) is 0 Å². The summed E-state index contributed by atoms with van der Waals surface area (Å²) < 4.78 is 0. The Morgan fingerprint density at radius 3 is 0.297 bits per heavy atom. The van der Waals surface area contributed by atoms with Crippen LogP contribution in [0, 0.1) is 0 Å². The van der Waals surface area contributed by atoms with Crippen molar-refractivity contribution in [2.24, 2.45) is 0 Å². The van der Waals surface area contributed by atoms with E-state index in [1.54, 1.807) is 0 Å². The molecule has 0 aliphatic carbocycles. The smallest absolute Gasteiger partial charge is 0.00000122 e. The largest absolute Gasteiger partial charge is 0.102 e. The quantitative estimate of drug-likeness (QED) is 0.0534. The molecular weight excluding hydrogens is 2820 g/mol. The Bertz CT molecular complexity index is 1460. The zero-order valence-electron chi connectivity index (χ0n) is 46.6. The highest BCUT2D eigenvalue weighted by Gasteiger charge is 2.66. The van der Waals surface area contributed by atoms with Crippen LogP contribution >= 0.6 is 726 Å². The molecule has 0 aromatic carbocycles. The van der Waals surface area contributed by atoms with E-state index >= 15 is 0 Å². The van der Waals surface area contributed by atoms with Gasteiger partial charge in [-0.25, -0.2) is 0 Å². The highest BCUT2D eigenvalue weighted by molar-refractivity contribution is 9.59. The van der Waals surface area contributed by atoms with Crippen molar-refractivity contribution in [1.29, 1.82) is 0 Å². The summed E-state index contributed by atoms with van der Waals surface area (Å²) in [5, 5.41) is 0. The summed E-state index contributed by atoms with van der Waals surface area (Å²) in [6.07, 6.45) is 0. The minimum atomic E-state index is -0.588. The van der Waals surface area contributed by atoms with Crippen LogP contribution in [0.3, 0.4) is 0 Å².